The quantitative estimate of drug-likeness (QED) is 0.736. The second-order valence-corrected chi connectivity index (χ2v) is 5.30. The van der Waals surface area contributed by atoms with Gasteiger partial charge in [0.25, 0.3) is 0 Å². The maximum Gasteiger partial charge on any atom is 0.335 e. The van der Waals surface area contributed by atoms with Gasteiger partial charge in [-0.25, -0.2) is 4.79 Å². The molecule has 0 aliphatic carbocycles. The van der Waals surface area contributed by atoms with E-state index in [1.54, 1.807) is 24.3 Å². The molecule has 1 aromatic rings. The summed E-state index contributed by atoms with van der Waals surface area (Å²) in [6.07, 6.45) is 1.25. The van der Waals surface area contributed by atoms with E-state index in [9.17, 15) is 4.79 Å². The van der Waals surface area contributed by atoms with Crippen LogP contribution >= 0.6 is 0 Å². The van der Waals surface area contributed by atoms with Gasteiger partial charge >= 0.3 is 5.97 Å². The van der Waals surface area contributed by atoms with Crippen molar-refractivity contribution in [2.75, 3.05) is 39.8 Å². The second kappa shape index (κ2) is 7.26. The summed E-state index contributed by atoms with van der Waals surface area (Å²) in [5, 5.41) is 12.3. The van der Waals surface area contributed by atoms with Crippen LogP contribution in [0.25, 0.3) is 0 Å². The molecule has 1 saturated heterocycles. The molecule has 0 radical (unpaired) electrons. The van der Waals surface area contributed by atoms with Gasteiger partial charge in [-0.1, -0.05) is 6.07 Å². The van der Waals surface area contributed by atoms with E-state index in [1.807, 2.05) is 0 Å². The van der Waals surface area contributed by atoms with Gasteiger partial charge < -0.3 is 20.1 Å². The van der Waals surface area contributed by atoms with Crippen LogP contribution in [0.5, 0.6) is 5.75 Å². The Kier molecular flexibility index (Phi) is 5.38. The highest BCUT2D eigenvalue weighted by atomic mass is 16.5. The first-order valence-electron chi connectivity index (χ1n) is 7.00. The lowest BCUT2D eigenvalue weighted by molar-refractivity contribution is 0.0696. The smallest absolute Gasteiger partial charge is 0.335 e. The van der Waals surface area contributed by atoms with Crippen LogP contribution in [0.3, 0.4) is 0 Å². The molecule has 110 valence electrons. The third kappa shape index (κ3) is 4.51. The summed E-state index contributed by atoms with van der Waals surface area (Å²) in [6, 6.07) is 6.58. The van der Waals surface area contributed by atoms with Crippen molar-refractivity contribution in [2.45, 2.75) is 6.42 Å². The van der Waals surface area contributed by atoms with Crippen molar-refractivity contribution >= 4 is 5.97 Å². The van der Waals surface area contributed by atoms with Crippen LogP contribution in [-0.4, -0.2) is 55.8 Å². The van der Waals surface area contributed by atoms with Crippen LogP contribution in [-0.2, 0) is 0 Å². The van der Waals surface area contributed by atoms with E-state index in [4.69, 9.17) is 9.84 Å². The molecule has 5 nitrogen and oxygen atoms in total. The van der Waals surface area contributed by atoms with E-state index >= 15 is 0 Å². The molecule has 0 aromatic heterocycles. The van der Waals surface area contributed by atoms with Gasteiger partial charge in [0.15, 0.2) is 0 Å². The number of nitrogens with zero attached hydrogens (tertiary/aromatic N) is 1. The number of likely N-dealkylation sites (tertiary alicyclic amines) is 1. The molecule has 0 amide bonds. The van der Waals surface area contributed by atoms with Gasteiger partial charge in [-0.05, 0) is 50.7 Å². The molecular formula is C15H22N2O3. The maximum atomic E-state index is 10.8. The van der Waals surface area contributed by atoms with E-state index in [2.05, 4.69) is 17.3 Å². The summed E-state index contributed by atoms with van der Waals surface area (Å²) in [6.45, 7) is 4.69. The minimum atomic E-state index is -0.932. The minimum absolute atomic E-state index is 0.254. The van der Waals surface area contributed by atoms with Crippen molar-refractivity contribution < 1.29 is 14.6 Å². The molecule has 1 aromatic carbocycles. The highest BCUT2D eigenvalue weighted by Crippen LogP contribution is 2.14. The Labute approximate surface area is 119 Å². The zero-order valence-corrected chi connectivity index (χ0v) is 11.8. The minimum Gasteiger partial charge on any atom is -0.492 e. The van der Waals surface area contributed by atoms with Crippen LogP contribution in [0.2, 0.25) is 0 Å². The molecule has 0 spiro atoms. The number of ether oxygens (including phenoxy) is 1. The lowest BCUT2D eigenvalue weighted by atomic mass is 10.1. The number of carboxylic acids is 1. The lowest BCUT2D eigenvalue weighted by Gasteiger charge is -2.12. The number of aromatic carboxylic acids is 1. The summed E-state index contributed by atoms with van der Waals surface area (Å²) in [7, 11) is 2.15. The SMILES string of the molecule is CN1CCC(CNCCOc2cccc(C(=O)O)c2)C1. The first kappa shape index (κ1) is 14.8. The highest BCUT2D eigenvalue weighted by Gasteiger charge is 2.18. The molecule has 2 rings (SSSR count). The number of hydrogen-bond acceptors (Lipinski definition) is 4. The van der Waals surface area contributed by atoms with Crippen molar-refractivity contribution in [1.29, 1.82) is 0 Å². The zero-order chi connectivity index (χ0) is 14.4. The predicted octanol–water partition coefficient (Wildman–Crippen LogP) is 1.30. The molecular weight excluding hydrogens is 256 g/mol. The normalized spacial score (nSPS) is 19.1. The van der Waals surface area contributed by atoms with Crippen LogP contribution in [0.15, 0.2) is 24.3 Å². The lowest BCUT2D eigenvalue weighted by Crippen LogP contribution is -2.28. The third-order valence-corrected chi connectivity index (χ3v) is 3.55. The molecule has 1 aliphatic heterocycles. The monoisotopic (exact) mass is 278 g/mol. The molecule has 2 N–H and O–H groups in total. The summed E-state index contributed by atoms with van der Waals surface area (Å²) < 4.78 is 5.55. The average molecular weight is 278 g/mol. The van der Waals surface area contributed by atoms with Crippen LogP contribution in [0, 0.1) is 5.92 Å². The molecule has 1 heterocycles. The van der Waals surface area contributed by atoms with Crippen LogP contribution in [0.1, 0.15) is 16.8 Å². The Bertz CT molecular complexity index is 450. The molecule has 5 heteroatoms. The standard InChI is InChI=1S/C15H22N2O3/c1-17-7-5-12(11-17)10-16-6-8-20-14-4-2-3-13(9-14)15(18)19/h2-4,9,12,16H,5-8,10-11H2,1H3,(H,18,19). The third-order valence-electron chi connectivity index (χ3n) is 3.55. The van der Waals surface area contributed by atoms with Crippen molar-refractivity contribution in [3.8, 4) is 5.75 Å². The Morgan fingerprint density at radius 2 is 2.40 bits per heavy atom. The Balaban J connectivity index is 1.63. The van der Waals surface area contributed by atoms with E-state index in [-0.39, 0.29) is 5.56 Å². The maximum absolute atomic E-state index is 10.8. The van der Waals surface area contributed by atoms with E-state index in [1.165, 1.54) is 13.0 Å². The molecule has 0 bridgehead atoms. The Morgan fingerprint density at radius 3 is 3.10 bits per heavy atom. The fraction of sp³-hybridized carbons (Fsp3) is 0.533. The largest absolute Gasteiger partial charge is 0.492 e. The van der Waals surface area contributed by atoms with E-state index < -0.39 is 5.97 Å². The number of carboxylic acid groups (broad SMARTS) is 1. The van der Waals surface area contributed by atoms with Gasteiger partial charge in [-0.3, -0.25) is 0 Å². The fourth-order valence-corrected chi connectivity index (χ4v) is 2.46. The number of benzene rings is 1. The topological polar surface area (TPSA) is 61.8 Å². The molecule has 1 unspecified atom stereocenters. The first-order chi connectivity index (χ1) is 9.65. The number of rotatable bonds is 7. The van der Waals surface area contributed by atoms with Gasteiger partial charge in [0.1, 0.15) is 12.4 Å². The van der Waals surface area contributed by atoms with Crippen molar-refractivity contribution in [2.24, 2.45) is 5.92 Å². The van der Waals surface area contributed by atoms with E-state index in [0.29, 0.717) is 12.4 Å². The number of hydrogen-bond donors (Lipinski definition) is 2. The summed E-state index contributed by atoms with van der Waals surface area (Å²) >= 11 is 0. The molecule has 1 aliphatic rings. The number of carbonyl (C=O) groups is 1. The summed E-state index contributed by atoms with van der Waals surface area (Å²) in [5.74, 6) is 0.404. The predicted molar refractivity (Wildman–Crippen MR) is 77.4 cm³/mol. The van der Waals surface area contributed by atoms with Crippen molar-refractivity contribution in [3.05, 3.63) is 29.8 Å². The summed E-state index contributed by atoms with van der Waals surface area (Å²) in [5.41, 5.74) is 0.254. The van der Waals surface area contributed by atoms with Gasteiger partial charge in [-0.15, -0.1) is 0 Å². The molecule has 1 atom stereocenters. The number of nitrogens with one attached hydrogen (secondary N) is 1. The van der Waals surface area contributed by atoms with E-state index in [0.717, 1.165) is 25.6 Å². The van der Waals surface area contributed by atoms with Gasteiger partial charge in [0, 0.05) is 13.1 Å². The van der Waals surface area contributed by atoms with Gasteiger partial charge in [0.05, 0.1) is 5.56 Å². The van der Waals surface area contributed by atoms with Crippen LogP contribution < -0.4 is 10.1 Å². The van der Waals surface area contributed by atoms with Crippen molar-refractivity contribution in [3.63, 3.8) is 0 Å². The summed E-state index contributed by atoms with van der Waals surface area (Å²) in [4.78, 5) is 13.2. The zero-order valence-electron chi connectivity index (χ0n) is 11.8. The Morgan fingerprint density at radius 1 is 1.55 bits per heavy atom. The van der Waals surface area contributed by atoms with Gasteiger partial charge in [-0.2, -0.15) is 0 Å². The van der Waals surface area contributed by atoms with Crippen LogP contribution in [0.4, 0.5) is 0 Å². The Hall–Kier alpha value is -1.59. The second-order valence-electron chi connectivity index (χ2n) is 5.30. The average Bonchev–Trinajstić information content (AvgIpc) is 2.84. The molecule has 1 fully saturated rings. The molecule has 20 heavy (non-hydrogen) atoms. The van der Waals surface area contributed by atoms with Crippen molar-refractivity contribution in [1.82, 2.24) is 10.2 Å². The highest BCUT2D eigenvalue weighted by molar-refractivity contribution is 5.87. The van der Waals surface area contributed by atoms with Gasteiger partial charge in [0.2, 0.25) is 0 Å². The first-order valence-corrected chi connectivity index (χ1v) is 7.00. The fourth-order valence-electron chi connectivity index (χ4n) is 2.46. The molecule has 0 saturated carbocycles.